The van der Waals surface area contributed by atoms with Crippen molar-refractivity contribution < 1.29 is 0 Å². The van der Waals surface area contributed by atoms with Crippen molar-refractivity contribution in [3.05, 3.63) is 21.7 Å². The van der Waals surface area contributed by atoms with Gasteiger partial charge in [-0.25, -0.2) is 0 Å². The molecular formula is C9H11IN4. The third-order valence-electron chi connectivity index (χ3n) is 2.13. The Hall–Kier alpha value is -0.850. The van der Waals surface area contributed by atoms with Crippen molar-refractivity contribution in [2.24, 2.45) is 0 Å². The molecule has 0 aliphatic heterocycles. The summed E-state index contributed by atoms with van der Waals surface area (Å²) in [5, 5.41) is 11.4. The summed E-state index contributed by atoms with van der Waals surface area (Å²) in [5.74, 6) is 0. The minimum absolute atomic E-state index is 0.894. The van der Waals surface area contributed by atoms with Crippen LogP contribution in [0.15, 0.2) is 12.4 Å². The Morgan fingerprint density at radius 3 is 2.86 bits per heavy atom. The monoisotopic (exact) mass is 302 g/mol. The Bertz CT molecular complexity index is 443. The summed E-state index contributed by atoms with van der Waals surface area (Å²) in [6.45, 7) is 4.98. The van der Waals surface area contributed by atoms with E-state index in [2.05, 4.69) is 44.8 Å². The highest BCUT2D eigenvalue weighted by molar-refractivity contribution is 14.1. The molecule has 5 heteroatoms. The molecule has 14 heavy (non-hydrogen) atoms. The molecule has 2 rings (SSSR count). The van der Waals surface area contributed by atoms with Gasteiger partial charge < -0.3 is 0 Å². The SMILES string of the molecule is CCn1cc(-c2[nH]ncc2I)c(C)n1. The van der Waals surface area contributed by atoms with E-state index in [1.807, 2.05) is 24.0 Å². The number of H-pyrrole nitrogens is 1. The zero-order valence-electron chi connectivity index (χ0n) is 8.08. The number of hydrogen-bond donors (Lipinski definition) is 1. The van der Waals surface area contributed by atoms with Gasteiger partial charge in [-0.1, -0.05) is 0 Å². The van der Waals surface area contributed by atoms with Crippen molar-refractivity contribution in [1.82, 2.24) is 20.0 Å². The van der Waals surface area contributed by atoms with Crippen LogP contribution in [0.25, 0.3) is 11.3 Å². The van der Waals surface area contributed by atoms with Crippen molar-refractivity contribution in [2.75, 3.05) is 0 Å². The van der Waals surface area contributed by atoms with Crippen LogP contribution >= 0.6 is 22.6 Å². The predicted molar refractivity (Wildman–Crippen MR) is 62.9 cm³/mol. The van der Waals surface area contributed by atoms with Gasteiger partial charge >= 0.3 is 0 Å². The molecule has 1 N–H and O–H groups in total. The topological polar surface area (TPSA) is 46.5 Å². The van der Waals surface area contributed by atoms with Crippen LogP contribution in [-0.4, -0.2) is 20.0 Å². The highest BCUT2D eigenvalue weighted by Crippen LogP contribution is 2.24. The molecule has 0 spiro atoms. The van der Waals surface area contributed by atoms with Gasteiger partial charge in [0.2, 0.25) is 0 Å². The molecule has 2 aromatic heterocycles. The highest BCUT2D eigenvalue weighted by Gasteiger charge is 2.11. The molecule has 0 unspecified atom stereocenters. The minimum Gasteiger partial charge on any atom is -0.277 e. The Balaban J connectivity index is 2.51. The van der Waals surface area contributed by atoms with E-state index in [9.17, 15) is 0 Å². The van der Waals surface area contributed by atoms with Gasteiger partial charge in [0, 0.05) is 18.3 Å². The molecule has 0 aromatic carbocycles. The molecule has 0 amide bonds. The van der Waals surface area contributed by atoms with E-state index in [0.717, 1.165) is 27.1 Å². The first-order valence-electron chi connectivity index (χ1n) is 4.45. The van der Waals surface area contributed by atoms with Gasteiger partial charge in [-0.2, -0.15) is 10.2 Å². The number of halogens is 1. The van der Waals surface area contributed by atoms with E-state index in [1.165, 1.54) is 0 Å². The molecule has 0 aliphatic rings. The number of nitrogens with one attached hydrogen (secondary N) is 1. The minimum atomic E-state index is 0.894. The van der Waals surface area contributed by atoms with Gasteiger partial charge in [-0.3, -0.25) is 9.78 Å². The fraction of sp³-hybridized carbons (Fsp3) is 0.333. The lowest BCUT2D eigenvalue weighted by atomic mass is 10.2. The van der Waals surface area contributed by atoms with Gasteiger partial charge in [0.15, 0.2) is 0 Å². The maximum Gasteiger partial charge on any atom is 0.0818 e. The first-order chi connectivity index (χ1) is 6.72. The third kappa shape index (κ3) is 1.56. The normalized spacial score (nSPS) is 10.8. The standard InChI is InChI=1S/C9H11IN4/c1-3-14-5-7(6(2)13-14)9-8(10)4-11-12-9/h4-5H,3H2,1-2H3,(H,11,12). The lowest BCUT2D eigenvalue weighted by Gasteiger charge is -1.93. The first kappa shape index (κ1) is 9.70. The van der Waals surface area contributed by atoms with Crippen LogP contribution in [0, 0.1) is 10.5 Å². The molecule has 0 radical (unpaired) electrons. The van der Waals surface area contributed by atoms with Crippen molar-refractivity contribution >= 4 is 22.6 Å². The molecule has 2 heterocycles. The summed E-state index contributed by atoms with van der Waals surface area (Å²) in [5.41, 5.74) is 3.23. The molecule has 4 nitrogen and oxygen atoms in total. The van der Waals surface area contributed by atoms with Crippen LogP contribution in [0.3, 0.4) is 0 Å². The van der Waals surface area contributed by atoms with Crippen LogP contribution in [0.5, 0.6) is 0 Å². The van der Waals surface area contributed by atoms with E-state index in [-0.39, 0.29) is 0 Å². The van der Waals surface area contributed by atoms with Gasteiger partial charge in [-0.15, -0.1) is 0 Å². The Morgan fingerprint density at radius 1 is 1.57 bits per heavy atom. The van der Waals surface area contributed by atoms with Crippen LogP contribution in [-0.2, 0) is 6.54 Å². The van der Waals surface area contributed by atoms with Crippen LogP contribution in [0.4, 0.5) is 0 Å². The summed E-state index contributed by atoms with van der Waals surface area (Å²) >= 11 is 2.27. The maximum absolute atomic E-state index is 4.39. The molecular weight excluding hydrogens is 291 g/mol. The molecule has 0 bridgehead atoms. The molecule has 2 aromatic rings. The Kier molecular flexibility index (Phi) is 2.58. The number of rotatable bonds is 2. The number of aryl methyl sites for hydroxylation is 2. The van der Waals surface area contributed by atoms with Gasteiger partial charge in [0.25, 0.3) is 0 Å². The summed E-state index contributed by atoms with van der Waals surface area (Å²) < 4.78 is 3.06. The van der Waals surface area contributed by atoms with E-state index < -0.39 is 0 Å². The predicted octanol–water partition coefficient (Wildman–Crippen LogP) is 2.21. The van der Waals surface area contributed by atoms with E-state index in [0.29, 0.717) is 0 Å². The zero-order chi connectivity index (χ0) is 10.1. The third-order valence-corrected chi connectivity index (χ3v) is 2.95. The second-order valence-corrected chi connectivity index (χ2v) is 4.24. The number of aromatic nitrogens is 4. The first-order valence-corrected chi connectivity index (χ1v) is 5.53. The van der Waals surface area contributed by atoms with E-state index >= 15 is 0 Å². The molecule has 0 saturated heterocycles. The van der Waals surface area contributed by atoms with E-state index in [4.69, 9.17) is 0 Å². The van der Waals surface area contributed by atoms with Crippen molar-refractivity contribution in [3.63, 3.8) is 0 Å². The number of hydrogen-bond acceptors (Lipinski definition) is 2. The van der Waals surface area contributed by atoms with Crippen LogP contribution in [0.1, 0.15) is 12.6 Å². The molecule has 0 saturated carbocycles. The second kappa shape index (κ2) is 3.72. The quantitative estimate of drug-likeness (QED) is 0.865. The molecule has 0 aliphatic carbocycles. The second-order valence-electron chi connectivity index (χ2n) is 3.08. The summed E-state index contributed by atoms with van der Waals surface area (Å²) in [6.07, 6.45) is 3.86. The zero-order valence-corrected chi connectivity index (χ0v) is 10.2. The summed E-state index contributed by atoms with van der Waals surface area (Å²) in [6, 6.07) is 0. The number of nitrogens with zero attached hydrogens (tertiary/aromatic N) is 3. The highest BCUT2D eigenvalue weighted by atomic mass is 127. The molecule has 0 fully saturated rings. The van der Waals surface area contributed by atoms with Gasteiger partial charge in [0.05, 0.1) is 21.2 Å². The summed E-state index contributed by atoms with van der Waals surface area (Å²) in [4.78, 5) is 0. The molecule has 74 valence electrons. The number of aromatic amines is 1. The molecule has 0 atom stereocenters. The fourth-order valence-corrected chi connectivity index (χ4v) is 1.94. The average molecular weight is 302 g/mol. The lowest BCUT2D eigenvalue weighted by molar-refractivity contribution is 0.653. The largest absolute Gasteiger partial charge is 0.277 e. The van der Waals surface area contributed by atoms with E-state index in [1.54, 1.807) is 0 Å². The van der Waals surface area contributed by atoms with Crippen LogP contribution < -0.4 is 0 Å². The Labute approximate surface area is 95.8 Å². The van der Waals surface area contributed by atoms with Crippen LogP contribution in [0.2, 0.25) is 0 Å². The van der Waals surface area contributed by atoms with Gasteiger partial charge in [-0.05, 0) is 36.4 Å². The lowest BCUT2D eigenvalue weighted by Crippen LogP contribution is -1.93. The van der Waals surface area contributed by atoms with Crippen molar-refractivity contribution in [1.29, 1.82) is 0 Å². The Morgan fingerprint density at radius 2 is 2.36 bits per heavy atom. The average Bonchev–Trinajstić information content (AvgIpc) is 2.72. The smallest absolute Gasteiger partial charge is 0.0818 e. The van der Waals surface area contributed by atoms with Crippen molar-refractivity contribution in [2.45, 2.75) is 20.4 Å². The van der Waals surface area contributed by atoms with Crippen molar-refractivity contribution in [3.8, 4) is 11.3 Å². The maximum atomic E-state index is 4.39. The fourth-order valence-electron chi connectivity index (χ4n) is 1.39. The summed E-state index contributed by atoms with van der Waals surface area (Å²) in [7, 11) is 0. The van der Waals surface area contributed by atoms with Gasteiger partial charge in [0.1, 0.15) is 0 Å².